The zero-order valence-corrected chi connectivity index (χ0v) is 11.4. The molecule has 2 fully saturated rings. The third kappa shape index (κ3) is 2.60. The highest BCUT2D eigenvalue weighted by Crippen LogP contribution is 2.28. The zero-order valence-electron chi connectivity index (χ0n) is 11.4. The first-order chi connectivity index (χ1) is 9.66. The van der Waals surface area contributed by atoms with Crippen molar-refractivity contribution in [3.05, 3.63) is 35.9 Å². The lowest BCUT2D eigenvalue weighted by Gasteiger charge is -2.43. The van der Waals surface area contributed by atoms with Crippen LogP contribution < -0.4 is 5.32 Å². The van der Waals surface area contributed by atoms with E-state index in [2.05, 4.69) is 10.2 Å². The molecule has 4 N–H and O–H groups in total. The summed E-state index contributed by atoms with van der Waals surface area (Å²) in [6.45, 7) is 2.10. The fourth-order valence-corrected chi connectivity index (χ4v) is 3.35. The average Bonchev–Trinajstić information content (AvgIpc) is 2.84. The molecule has 2 saturated heterocycles. The van der Waals surface area contributed by atoms with Crippen LogP contribution in [0.3, 0.4) is 0 Å². The number of nitrogens with one attached hydrogen (secondary N) is 1. The van der Waals surface area contributed by atoms with Crippen LogP contribution in [-0.4, -0.2) is 63.7 Å². The molecule has 110 valence electrons. The van der Waals surface area contributed by atoms with E-state index in [4.69, 9.17) is 0 Å². The molecule has 2 aliphatic rings. The number of fused-ring (bicyclic) bond motifs is 1. The van der Waals surface area contributed by atoms with Crippen LogP contribution in [0.25, 0.3) is 0 Å². The summed E-state index contributed by atoms with van der Waals surface area (Å²) in [6.07, 6.45) is -1.60. The van der Waals surface area contributed by atoms with Gasteiger partial charge >= 0.3 is 0 Å². The van der Waals surface area contributed by atoms with Gasteiger partial charge in [0.25, 0.3) is 0 Å². The second kappa shape index (κ2) is 5.79. The van der Waals surface area contributed by atoms with Gasteiger partial charge in [0, 0.05) is 25.7 Å². The number of nitrogens with zero attached hydrogens (tertiary/aromatic N) is 1. The molecule has 1 unspecified atom stereocenters. The smallest absolute Gasteiger partial charge is 0.0994 e. The summed E-state index contributed by atoms with van der Waals surface area (Å²) in [4.78, 5) is 2.07. The molecule has 0 saturated carbocycles. The number of benzene rings is 1. The quantitative estimate of drug-likeness (QED) is 0.589. The Hall–Kier alpha value is -0.980. The Kier molecular flexibility index (Phi) is 4.05. The normalized spacial score (nSPS) is 37.9. The van der Waals surface area contributed by atoms with Crippen LogP contribution in [0, 0.1) is 0 Å². The van der Waals surface area contributed by atoms with Crippen molar-refractivity contribution in [1.82, 2.24) is 10.2 Å². The van der Waals surface area contributed by atoms with Crippen LogP contribution >= 0.6 is 0 Å². The van der Waals surface area contributed by atoms with Gasteiger partial charge in [0.05, 0.1) is 24.4 Å². The number of hydrogen-bond donors (Lipinski definition) is 4. The van der Waals surface area contributed by atoms with Crippen LogP contribution in [0.5, 0.6) is 0 Å². The molecule has 2 aliphatic heterocycles. The van der Waals surface area contributed by atoms with Crippen molar-refractivity contribution < 1.29 is 15.3 Å². The maximum absolute atomic E-state index is 10.2. The molecule has 0 aliphatic carbocycles. The molecule has 20 heavy (non-hydrogen) atoms. The van der Waals surface area contributed by atoms with Crippen molar-refractivity contribution in [3.8, 4) is 0 Å². The van der Waals surface area contributed by atoms with E-state index in [1.807, 2.05) is 30.3 Å². The van der Waals surface area contributed by atoms with Gasteiger partial charge < -0.3 is 20.6 Å². The predicted molar refractivity (Wildman–Crippen MR) is 75.1 cm³/mol. The van der Waals surface area contributed by atoms with E-state index in [1.54, 1.807) is 0 Å². The van der Waals surface area contributed by atoms with Crippen molar-refractivity contribution in [3.63, 3.8) is 0 Å². The number of piperidine rings is 1. The van der Waals surface area contributed by atoms with Gasteiger partial charge in [-0.1, -0.05) is 30.3 Å². The fraction of sp³-hybridized carbons (Fsp3) is 0.600. The third-order valence-corrected chi connectivity index (χ3v) is 4.48. The van der Waals surface area contributed by atoms with Crippen LogP contribution in [0.4, 0.5) is 0 Å². The van der Waals surface area contributed by atoms with E-state index in [0.717, 1.165) is 12.1 Å². The average molecular weight is 278 g/mol. The topological polar surface area (TPSA) is 76.0 Å². The Morgan fingerprint density at radius 2 is 1.85 bits per heavy atom. The lowest BCUT2D eigenvalue weighted by atomic mass is 9.91. The molecule has 0 bridgehead atoms. The van der Waals surface area contributed by atoms with Crippen molar-refractivity contribution in [2.75, 3.05) is 13.1 Å². The van der Waals surface area contributed by atoms with E-state index >= 15 is 0 Å². The van der Waals surface area contributed by atoms with Gasteiger partial charge in [-0.15, -0.1) is 0 Å². The first-order valence-corrected chi connectivity index (χ1v) is 7.22. The Balaban J connectivity index is 1.63. The molecule has 2 heterocycles. The number of hydrogen-bond acceptors (Lipinski definition) is 5. The van der Waals surface area contributed by atoms with Crippen molar-refractivity contribution in [2.45, 2.75) is 43.4 Å². The Labute approximate surface area is 118 Å². The van der Waals surface area contributed by atoms with E-state index in [1.165, 1.54) is 0 Å². The second-order valence-electron chi connectivity index (χ2n) is 5.80. The molecule has 0 amide bonds. The maximum Gasteiger partial charge on any atom is 0.0994 e. The highest BCUT2D eigenvalue weighted by atomic mass is 16.3. The van der Waals surface area contributed by atoms with Gasteiger partial charge in [-0.2, -0.15) is 0 Å². The maximum atomic E-state index is 10.2. The van der Waals surface area contributed by atoms with Crippen LogP contribution in [0.1, 0.15) is 12.0 Å². The molecule has 5 atom stereocenters. The summed E-state index contributed by atoms with van der Waals surface area (Å²) in [5.41, 5.74) is 1.15. The van der Waals surface area contributed by atoms with Crippen LogP contribution in [0.15, 0.2) is 30.3 Å². The zero-order chi connectivity index (χ0) is 14.1. The van der Waals surface area contributed by atoms with Gasteiger partial charge in [-0.05, 0) is 12.0 Å². The van der Waals surface area contributed by atoms with E-state index in [9.17, 15) is 15.3 Å². The van der Waals surface area contributed by atoms with Crippen LogP contribution in [-0.2, 0) is 6.54 Å². The number of rotatable bonds is 3. The minimum absolute atomic E-state index is 0.174. The molecule has 1 aromatic carbocycles. The molecule has 5 heteroatoms. The molecule has 0 radical (unpaired) electrons. The molecule has 0 aromatic heterocycles. The first-order valence-electron chi connectivity index (χ1n) is 7.22. The van der Waals surface area contributed by atoms with Crippen molar-refractivity contribution in [2.24, 2.45) is 0 Å². The summed E-state index contributed by atoms with van der Waals surface area (Å²) >= 11 is 0. The molecular weight excluding hydrogens is 256 g/mol. The molecule has 1 aromatic rings. The van der Waals surface area contributed by atoms with E-state index < -0.39 is 18.3 Å². The largest absolute Gasteiger partial charge is 0.391 e. The number of aliphatic hydroxyl groups excluding tert-OH is 3. The standard InChI is InChI=1S/C15H22N2O3/c18-12-6-7-17-9-11(14(19)15(20)13(12)17)16-8-10-4-2-1-3-5-10/h1-5,11-16,18-20H,6-9H2/t11-,12-,13?,14+,15+/m0/s1. The highest BCUT2D eigenvalue weighted by molar-refractivity contribution is 5.15. The van der Waals surface area contributed by atoms with Gasteiger partial charge in [0.15, 0.2) is 0 Å². The van der Waals surface area contributed by atoms with Gasteiger partial charge in [-0.25, -0.2) is 0 Å². The molecule has 3 rings (SSSR count). The van der Waals surface area contributed by atoms with Gasteiger partial charge in [0.2, 0.25) is 0 Å². The highest BCUT2D eigenvalue weighted by Gasteiger charge is 2.47. The Morgan fingerprint density at radius 1 is 1.10 bits per heavy atom. The van der Waals surface area contributed by atoms with E-state index in [-0.39, 0.29) is 12.1 Å². The van der Waals surface area contributed by atoms with Crippen molar-refractivity contribution in [1.29, 1.82) is 0 Å². The predicted octanol–water partition coefficient (Wildman–Crippen LogP) is -0.685. The first kappa shape index (κ1) is 14.0. The number of aliphatic hydroxyl groups is 3. The van der Waals surface area contributed by atoms with Gasteiger partial charge in [0.1, 0.15) is 0 Å². The summed E-state index contributed by atoms with van der Waals surface area (Å²) in [5.74, 6) is 0. The molecular formula is C15H22N2O3. The monoisotopic (exact) mass is 278 g/mol. The van der Waals surface area contributed by atoms with Crippen molar-refractivity contribution >= 4 is 0 Å². The van der Waals surface area contributed by atoms with E-state index in [0.29, 0.717) is 19.5 Å². The third-order valence-electron chi connectivity index (χ3n) is 4.48. The fourth-order valence-electron chi connectivity index (χ4n) is 3.35. The lowest BCUT2D eigenvalue weighted by molar-refractivity contribution is -0.102. The Bertz CT molecular complexity index is 442. The Morgan fingerprint density at radius 3 is 2.60 bits per heavy atom. The lowest BCUT2D eigenvalue weighted by Crippen LogP contribution is -2.64. The second-order valence-corrected chi connectivity index (χ2v) is 5.80. The molecule has 5 nitrogen and oxygen atoms in total. The minimum atomic E-state index is -0.894. The summed E-state index contributed by atoms with van der Waals surface area (Å²) < 4.78 is 0. The summed E-state index contributed by atoms with van der Waals surface area (Å²) in [6, 6.07) is 9.50. The summed E-state index contributed by atoms with van der Waals surface area (Å²) in [7, 11) is 0. The van der Waals surface area contributed by atoms with Crippen LogP contribution in [0.2, 0.25) is 0 Å². The molecule has 0 spiro atoms. The van der Waals surface area contributed by atoms with Gasteiger partial charge in [-0.3, -0.25) is 4.90 Å². The SMILES string of the molecule is O[C@@H]1[C@@H](NCc2ccccc2)CN2CC[C@H](O)C2[C@H]1O. The summed E-state index contributed by atoms with van der Waals surface area (Å²) in [5, 5.41) is 33.6. The minimum Gasteiger partial charge on any atom is -0.391 e.